The van der Waals surface area contributed by atoms with E-state index >= 15 is 0 Å². The lowest BCUT2D eigenvalue weighted by atomic mass is 9.84. The molecular weight excluding hydrogens is 426 g/mol. The summed E-state index contributed by atoms with van der Waals surface area (Å²) < 4.78 is 5.65. The van der Waals surface area contributed by atoms with Crippen molar-refractivity contribution in [3.05, 3.63) is 88.1 Å². The fourth-order valence-electron chi connectivity index (χ4n) is 4.29. The van der Waals surface area contributed by atoms with Crippen LogP contribution >= 0.6 is 11.3 Å². The molecule has 0 saturated carbocycles. The van der Waals surface area contributed by atoms with Crippen molar-refractivity contribution in [1.29, 1.82) is 0 Å². The van der Waals surface area contributed by atoms with Gasteiger partial charge in [-0.3, -0.25) is 14.5 Å². The number of nitrogens with one attached hydrogen (secondary N) is 2. The molecule has 0 unspecified atom stereocenters. The third-order valence-electron chi connectivity index (χ3n) is 5.82. The zero-order chi connectivity index (χ0) is 22.1. The van der Waals surface area contributed by atoms with E-state index in [9.17, 15) is 14.4 Å². The van der Waals surface area contributed by atoms with Crippen molar-refractivity contribution in [2.45, 2.75) is 18.0 Å². The molecule has 2 aromatic carbocycles. The molecular formula is C24H21N3O4S. The smallest absolute Gasteiger partial charge is 0.325 e. The van der Waals surface area contributed by atoms with E-state index in [1.807, 2.05) is 53.9 Å². The first-order valence-corrected chi connectivity index (χ1v) is 11.2. The Kier molecular flexibility index (Phi) is 5.14. The standard InChI is InChI=1S/C24H21N3O4S/c28-20(25-21(19-11-6-14-32-19)16-7-2-1-3-8-16)15-27-22(29)24(26-23(27)30)12-13-31-18-10-5-4-9-17(18)24/h1-11,14,21H,12-13,15H2,(H,25,28)(H,26,30)/t21-,24+/m0/s1. The summed E-state index contributed by atoms with van der Waals surface area (Å²) in [6.45, 7) is -0.0539. The van der Waals surface area contributed by atoms with Gasteiger partial charge in [-0.25, -0.2) is 4.79 Å². The number of hydrogen-bond donors (Lipinski definition) is 2. The third kappa shape index (κ3) is 3.42. The maximum absolute atomic E-state index is 13.4. The molecule has 0 aliphatic carbocycles. The summed E-state index contributed by atoms with van der Waals surface area (Å²) in [6, 6.07) is 19.7. The van der Waals surface area contributed by atoms with Gasteiger partial charge < -0.3 is 15.4 Å². The second-order valence-electron chi connectivity index (χ2n) is 7.75. The minimum atomic E-state index is -1.20. The van der Waals surface area contributed by atoms with E-state index in [1.165, 1.54) is 11.3 Å². The summed E-state index contributed by atoms with van der Waals surface area (Å²) >= 11 is 1.53. The second-order valence-corrected chi connectivity index (χ2v) is 8.73. The van der Waals surface area contributed by atoms with Crippen LogP contribution < -0.4 is 15.4 Å². The van der Waals surface area contributed by atoms with Crippen LogP contribution in [0, 0.1) is 0 Å². The molecule has 2 aliphatic rings. The van der Waals surface area contributed by atoms with Crippen molar-refractivity contribution < 1.29 is 19.1 Å². The Morgan fingerprint density at radius 2 is 1.88 bits per heavy atom. The van der Waals surface area contributed by atoms with E-state index in [0.29, 0.717) is 24.3 Å². The molecule has 2 atom stereocenters. The Morgan fingerprint density at radius 3 is 2.66 bits per heavy atom. The zero-order valence-corrected chi connectivity index (χ0v) is 17.9. The third-order valence-corrected chi connectivity index (χ3v) is 6.76. The van der Waals surface area contributed by atoms with Crippen LogP contribution in [0.25, 0.3) is 0 Å². The minimum Gasteiger partial charge on any atom is -0.493 e. The van der Waals surface area contributed by atoms with E-state index in [2.05, 4.69) is 10.6 Å². The molecule has 1 aromatic heterocycles. The average molecular weight is 448 g/mol. The summed E-state index contributed by atoms with van der Waals surface area (Å²) in [5.41, 5.74) is 0.349. The molecule has 1 spiro atoms. The van der Waals surface area contributed by atoms with Crippen LogP contribution in [-0.2, 0) is 15.1 Å². The van der Waals surface area contributed by atoms with Crippen LogP contribution in [0.3, 0.4) is 0 Å². The van der Waals surface area contributed by atoms with E-state index in [1.54, 1.807) is 18.2 Å². The Balaban J connectivity index is 1.37. The molecule has 4 amide bonds. The number of para-hydroxylation sites is 1. The topological polar surface area (TPSA) is 87.7 Å². The van der Waals surface area contributed by atoms with Gasteiger partial charge in [0.25, 0.3) is 5.91 Å². The molecule has 8 heteroatoms. The van der Waals surface area contributed by atoms with Crippen LogP contribution in [0.2, 0.25) is 0 Å². The van der Waals surface area contributed by atoms with E-state index < -0.39 is 23.4 Å². The van der Waals surface area contributed by atoms with Gasteiger partial charge in [-0.05, 0) is 23.1 Å². The Morgan fingerprint density at radius 1 is 1.09 bits per heavy atom. The number of benzene rings is 2. The van der Waals surface area contributed by atoms with Crippen LogP contribution in [0.1, 0.15) is 28.5 Å². The van der Waals surface area contributed by atoms with E-state index in [4.69, 9.17) is 4.74 Å². The van der Waals surface area contributed by atoms with Gasteiger partial charge in [-0.15, -0.1) is 11.3 Å². The fourth-order valence-corrected chi connectivity index (χ4v) is 5.09. The predicted molar refractivity (Wildman–Crippen MR) is 119 cm³/mol. The van der Waals surface area contributed by atoms with Gasteiger partial charge in [0.1, 0.15) is 12.3 Å². The van der Waals surface area contributed by atoms with Gasteiger partial charge >= 0.3 is 6.03 Å². The van der Waals surface area contributed by atoms with Crippen LogP contribution in [0.4, 0.5) is 4.79 Å². The first-order valence-electron chi connectivity index (χ1n) is 10.3. The van der Waals surface area contributed by atoms with Crippen LogP contribution in [0.5, 0.6) is 5.75 Å². The second kappa shape index (κ2) is 8.12. The quantitative estimate of drug-likeness (QED) is 0.588. The minimum absolute atomic E-state index is 0.303. The number of amides is 4. The highest BCUT2D eigenvalue weighted by molar-refractivity contribution is 7.10. The van der Waals surface area contributed by atoms with E-state index in [0.717, 1.165) is 15.3 Å². The Labute approximate surface area is 189 Å². The van der Waals surface area contributed by atoms with E-state index in [-0.39, 0.29) is 12.6 Å². The lowest BCUT2D eigenvalue weighted by Gasteiger charge is -2.33. The first-order chi connectivity index (χ1) is 15.6. The van der Waals surface area contributed by atoms with Crippen molar-refractivity contribution >= 4 is 29.2 Å². The molecule has 1 saturated heterocycles. The lowest BCUT2D eigenvalue weighted by Crippen LogP contribution is -2.48. The number of nitrogens with zero attached hydrogens (tertiary/aromatic N) is 1. The van der Waals surface area contributed by atoms with Gasteiger partial charge in [0.15, 0.2) is 5.54 Å². The number of carbonyl (C=O) groups excluding carboxylic acids is 3. The zero-order valence-electron chi connectivity index (χ0n) is 17.1. The summed E-state index contributed by atoms with van der Waals surface area (Å²) in [5.74, 6) is -0.269. The van der Waals surface area contributed by atoms with Crippen molar-refractivity contribution in [2.24, 2.45) is 0 Å². The van der Waals surface area contributed by atoms with Crippen molar-refractivity contribution in [1.82, 2.24) is 15.5 Å². The van der Waals surface area contributed by atoms with Crippen molar-refractivity contribution in [2.75, 3.05) is 13.2 Å². The normalized spacial score (nSPS) is 20.4. The highest BCUT2D eigenvalue weighted by Crippen LogP contribution is 2.40. The summed E-state index contributed by atoms with van der Waals surface area (Å²) in [7, 11) is 0. The number of rotatable bonds is 5. The summed E-state index contributed by atoms with van der Waals surface area (Å²) in [6.07, 6.45) is 0.314. The largest absolute Gasteiger partial charge is 0.493 e. The Bertz CT molecular complexity index is 1170. The number of thiophene rings is 1. The molecule has 1 fully saturated rings. The van der Waals surface area contributed by atoms with Gasteiger partial charge in [0.05, 0.1) is 12.6 Å². The SMILES string of the molecule is O=C(CN1C(=O)N[C@@]2(CCOc3ccccc32)C1=O)N[C@@H](c1ccccc1)c1cccs1. The van der Waals surface area contributed by atoms with Crippen LogP contribution in [0.15, 0.2) is 72.1 Å². The average Bonchev–Trinajstić information content (AvgIpc) is 3.42. The van der Waals surface area contributed by atoms with Gasteiger partial charge in [-0.1, -0.05) is 54.6 Å². The van der Waals surface area contributed by atoms with Gasteiger partial charge in [-0.2, -0.15) is 0 Å². The van der Waals surface area contributed by atoms with Crippen molar-refractivity contribution in [3.8, 4) is 5.75 Å². The number of imide groups is 1. The number of urea groups is 1. The molecule has 0 bridgehead atoms. The first kappa shape index (κ1) is 20.3. The number of ether oxygens (including phenoxy) is 1. The van der Waals surface area contributed by atoms with Crippen LogP contribution in [-0.4, -0.2) is 35.9 Å². The monoisotopic (exact) mass is 447 g/mol. The molecule has 3 aromatic rings. The molecule has 32 heavy (non-hydrogen) atoms. The van der Waals surface area contributed by atoms with Gasteiger partial charge in [0, 0.05) is 16.9 Å². The molecule has 0 radical (unpaired) electrons. The molecule has 162 valence electrons. The molecule has 2 N–H and O–H groups in total. The summed E-state index contributed by atoms with van der Waals surface area (Å²) in [5, 5.41) is 7.76. The maximum Gasteiger partial charge on any atom is 0.325 e. The highest BCUT2D eigenvalue weighted by Gasteiger charge is 2.55. The molecule has 2 aliphatic heterocycles. The van der Waals surface area contributed by atoms with Gasteiger partial charge in [0.2, 0.25) is 5.91 Å². The number of carbonyl (C=O) groups is 3. The molecule has 3 heterocycles. The number of fused-ring (bicyclic) bond motifs is 2. The maximum atomic E-state index is 13.4. The Hall–Kier alpha value is -3.65. The summed E-state index contributed by atoms with van der Waals surface area (Å²) in [4.78, 5) is 41.1. The molecule has 7 nitrogen and oxygen atoms in total. The highest BCUT2D eigenvalue weighted by atomic mass is 32.1. The lowest BCUT2D eigenvalue weighted by molar-refractivity contribution is -0.136. The fraction of sp³-hybridized carbons (Fsp3) is 0.208. The predicted octanol–water partition coefficient (Wildman–Crippen LogP) is 3.18. The number of hydrogen-bond acceptors (Lipinski definition) is 5. The van der Waals surface area contributed by atoms with Crippen molar-refractivity contribution in [3.63, 3.8) is 0 Å². The molecule has 5 rings (SSSR count).